The summed E-state index contributed by atoms with van der Waals surface area (Å²) in [6.07, 6.45) is 0.999. The Hall–Kier alpha value is -4.13. The van der Waals surface area contributed by atoms with Crippen molar-refractivity contribution in [1.29, 1.82) is 0 Å². The Morgan fingerprint density at radius 2 is 1.58 bits per heavy atom. The fourth-order valence-electron chi connectivity index (χ4n) is 3.95. The molecule has 0 radical (unpaired) electrons. The summed E-state index contributed by atoms with van der Waals surface area (Å²) in [6, 6.07) is 25.7. The monoisotopic (exact) mass is 443 g/mol. The van der Waals surface area contributed by atoms with Crippen LogP contribution in [0.4, 0.5) is 4.79 Å². The van der Waals surface area contributed by atoms with Crippen molar-refractivity contribution < 1.29 is 19.1 Å². The van der Waals surface area contributed by atoms with Gasteiger partial charge in [-0.3, -0.25) is 15.0 Å². The van der Waals surface area contributed by atoms with Crippen LogP contribution in [0.2, 0.25) is 0 Å². The number of urea groups is 1. The van der Waals surface area contributed by atoms with Crippen LogP contribution in [-0.2, 0) is 21.5 Å². The zero-order valence-corrected chi connectivity index (χ0v) is 18.3. The number of benzene rings is 3. The van der Waals surface area contributed by atoms with E-state index in [-0.39, 0.29) is 6.61 Å². The predicted molar refractivity (Wildman–Crippen MR) is 123 cm³/mol. The first kappa shape index (κ1) is 22.1. The predicted octanol–water partition coefficient (Wildman–Crippen LogP) is 3.54. The molecule has 4 rings (SSSR count). The first-order valence-corrected chi connectivity index (χ1v) is 10.8. The number of nitrogens with zero attached hydrogens (tertiary/aromatic N) is 1. The number of amides is 4. The van der Waals surface area contributed by atoms with Crippen LogP contribution in [0.25, 0.3) is 0 Å². The van der Waals surface area contributed by atoms with Gasteiger partial charge in [0.1, 0.15) is 11.3 Å². The molecule has 1 atom stereocenters. The van der Waals surface area contributed by atoms with Crippen LogP contribution in [0.5, 0.6) is 5.75 Å². The van der Waals surface area contributed by atoms with E-state index in [9.17, 15) is 14.4 Å². The van der Waals surface area contributed by atoms with Gasteiger partial charge in [0.05, 0.1) is 0 Å². The lowest BCUT2D eigenvalue weighted by Gasteiger charge is -2.25. The third kappa shape index (κ3) is 4.57. The van der Waals surface area contributed by atoms with Gasteiger partial charge in [0.25, 0.3) is 11.8 Å². The largest absolute Gasteiger partial charge is 0.483 e. The van der Waals surface area contributed by atoms with Crippen molar-refractivity contribution in [2.45, 2.75) is 25.3 Å². The lowest BCUT2D eigenvalue weighted by Crippen LogP contribution is -2.49. The maximum absolute atomic E-state index is 13.1. The topological polar surface area (TPSA) is 87.7 Å². The molecule has 0 aliphatic carbocycles. The van der Waals surface area contributed by atoms with Crippen molar-refractivity contribution in [3.05, 3.63) is 102 Å². The Morgan fingerprint density at radius 1 is 0.939 bits per heavy atom. The van der Waals surface area contributed by atoms with Gasteiger partial charge in [-0.05, 0) is 29.2 Å². The second kappa shape index (κ2) is 9.56. The van der Waals surface area contributed by atoms with E-state index in [1.54, 1.807) is 30.3 Å². The normalized spacial score (nSPS) is 17.5. The molecule has 2 N–H and O–H groups in total. The van der Waals surface area contributed by atoms with E-state index in [4.69, 9.17) is 4.74 Å². The van der Waals surface area contributed by atoms with Gasteiger partial charge in [0.2, 0.25) is 0 Å². The quantitative estimate of drug-likeness (QED) is 0.522. The van der Waals surface area contributed by atoms with Crippen LogP contribution in [0.3, 0.4) is 0 Å². The molecule has 1 saturated heterocycles. The average molecular weight is 444 g/mol. The summed E-state index contributed by atoms with van der Waals surface area (Å²) in [5, 5.41) is 3.46. The van der Waals surface area contributed by atoms with Gasteiger partial charge in [-0.25, -0.2) is 4.79 Å². The Bertz CT molecular complexity index is 1150. The lowest BCUT2D eigenvalue weighted by atomic mass is 9.87. The molecule has 0 spiro atoms. The first-order chi connectivity index (χ1) is 16.0. The molecule has 3 aromatic carbocycles. The van der Waals surface area contributed by atoms with Gasteiger partial charge < -0.3 is 10.1 Å². The van der Waals surface area contributed by atoms with Gasteiger partial charge in [-0.15, -0.1) is 0 Å². The number of hydrogen-bond acceptors (Lipinski definition) is 4. The molecule has 0 bridgehead atoms. The third-order valence-corrected chi connectivity index (χ3v) is 5.69. The van der Waals surface area contributed by atoms with Gasteiger partial charge in [0, 0.05) is 6.42 Å². The van der Waals surface area contributed by atoms with E-state index in [2.05, 4.69) is 10.7 Å². The summed E-state index contributed by atoms with van der Waals surface area (Å²) in [6.45, 7) is 1.47. The number of rotatable bonds is 8. The van der Waals surface area contributed by atoms with E-state index < -0.39 is 23.4 Å². The number of nitrogens with one attached hydrogen (secondary N) is 2. The van der Waals surface area contributed by atoms with Gasteiger partial charge in [0.15, 0.2) is 6.61 Å². The summed E-state index contributed by atoms with van der Waals surface area (Å²) in [7, 11) is 0. The number of hydrazine groups is 1. The van der Waals surface area contributed by atoms with Crippen LogP contribution in [0.15, 0.2) is 84.9 Å². The molecule has 7 heteroatoms. The molecule has 168 valence electrons. The van der Waals surface area contributed by atoms with Crippen molar-refractivity contribution in [2.75, 3.05) is 6.61 Å². The highest BCUT2D eigenvalue weighted by molar-refractivity contribution is 6.08. The van der Waals surface area contributed by atoms with Crippen LogP contribution < -0.4 is 15.5 Å². The summed E-state index contributed by atoms with van der Waals surface area (Å²) in [5.41, 5.74) is 3.88. The lowest BCUT2D eigenvalue weighted by molar-refractivity contribution is -0.140. The SMILES string of the molecule is CC[C@@]1(c2ccccc2)NC(=O)N(NC(=O)COc2ccccc2Cc2ccccc2)C1=O. The molecule has 1 heterocycles. The second-order valence-corrected chi connectivity index (χ2v) is 7.79. The van der Waals surface area contributed by atoms with Gasteiger partial charge >= 0.3 is 6.03 Å². The molecular formula is C26H25N3O4. The van der Waals surface area contributed by atoms with Crippen molar-refractivity contribution in [3.8, 4) is 5.75 Å². The molecule has 1 aliphatic rings. The van der Waals surface area contributed by atoms with E-state index in [0.29, 0.717) is 24.2 Å². The fourth-order valence-corrected chi connectivity index (χ4v) is 3.95. The number of imide groups is 1. The van der Waals surface area contributed by atoms with Crippen molar-refractivity contribution in [2.24, 2.45) is 0 Å². The Kier molecular flexibility index (Phi) is 6.40. The zero-order valence-electron chi connectivity index (χ0n) is 18.3. The summed E-state index contributed by atoms with van der Waals surface area (Å²) in [4.78, 5) is 38.2. The van der Waals surface area contributed by atoms with E-state index in [1.165, 1.54) is 0 Å². The smallest absolute Gasteiger partial charge is 0.344 e. The van der Waals surface area contributed by atoms with E-state index >= 15 is 0 Å². The summed E-state index contributed by atoms with van der Waals surface area (Å²) < 4.78 is 5.73. The molecular weight excluding hydrogens is 418 g/mol. The van der Waals surface area contributed by atoms with Crippen molar-refractivity contribution in [1.82, 2.24) is 15.8 Å². The van der Waals surface area contributed by atoms with E-state index in [1.807, 2.05) is 61.5 Å². The highest BCUT2D eigenvalue weighted by atomic mass is 16.5. The number of hydrogen-bond donors (Lipinski definition) is 2. The van der Waals surface area contributed by atoms with Crippen molar-refractivity contribution >= 4 is 17.8 Å². The number of ether oxygens (including phenoxy) is 1. The molecule has 1 aliphatic heterocycles. The zero-order chi connectivity index (χ0) is 23.3. The fraction of sp³-hybridized carbons (Fsp3) is 0.192. The van der Waals surface area contributed by atoms with Crippen LogP contribution in [0, 0.1) is 0 Å². The maximum atomic E-state index is 13.1. The molecule has 0 aromatic heterocycles. The average Bonchev–Trinajstić information content (AvgIpc) is 3.10. The molecule has 1 fully saturated rings. The summed E-state index contributed by atoms with van der Waals surface area (Å²) in [5.74, 6) is -0.562. The van der Waals surface area contributed by atoms with Crippen LogP contribution in [0.1, 0.15) is 30.0 Å². The minimum atomic E-state index is -1.21. The third-order valence-electron chi connectivity index (χ3n) is 5.69. The Morgan fingerprint density at radius 3 is 2.27 bits per heavy atom. The molecule has 0 saturated carbocycles. The standard InChI is InChI=1S/C26H25N3O4/c1-2-26(21-14-7-4-8-15-21)24(31)29(25(32)27-26)28-23(30)18-33-22-16-10-9-13-20(22)17-19-11-5-3-6-12-19/h3-16H,2,17-18H2,1H3,(H,27,32)(H,28,30)/t26-/m0/s1. The Balaban J connectivity index is 1.42. The highest BCUT2D eigenvalue weighted by Gasteiger charge is 2.52. The molecule has 0 unspecified atom stereocenters. The van der Waals surface area contributed by atoms with Crippen molar-refractivity contribution in [3.63, 3.8) is 0 Å². The first-order valence-electron chi connectivity index (χ1n) is 10.8. The van der Waals surface area contributed by atoms with E-state index in [0.717, 1.165) is 16.1 Å². The second-order valence-electron chi connectivity index (χ2n) is 7.79. The highest BCUT2D eigenvalue weighted by Crippen LogP contribution is 2.31. The minimum absolute atomic E-state index is 0.340. The number of para-hydroxylation sites is 1. The Labute approximate surface area is 192 Å². The van der Waals surface area contributed by atoms with Crippen LogP contribution in [-0.4, -0.2) is 29.5 Å². The molecule has 33 heavy (non-hydrogen) atoms. The maximum Gasteiger partial charge on any atom is 0.344 e. The summed E-state index contributed by atoms with van der Waals surface area (Å²) >= 11 is 0. The molecule has 4 amide bonds. The van der Waals surface area contributed by atoms with Gasteiger partial charge in [-0.1, -0.05) is 85.8 Å². The number of carbonyl (C=O) groups is 3. The molecule has 3 aromatic rings. The van der Waals surface area contributed by atoms with Gasteiger partial charge in [-0.2, -0.15) is 5.01 Å². The van der Waals surface area contributed by atoms with Crippen LogP contribution >= 0.6 is 0 Å². The minimum Gasteiger partial charge on any atom is -0.483 e. The number of carbonyl (C=O) groups excluding carboxylic acids is 3. The molecule has 7 nitrogen and oxygen atoms in total.